The number of aliphatic imine (C=N–C) groups is 2. The van der Waals surface area contributed by atoms with Gasteiger partial charge in [0.1, 0.15) is 34.0 Å². The van der Waals surface area contributed by atoms with E-state index in [2.05, 4.69) is 102 Å². The number of rotatable bonds is 4. The molecule has 3 heterocycles. The Morgan fingerprint density at radius 3 is 2.00 bits per heavy atom. The van der Waals surface area contributed by atoms with Crippen molar-refractivity contribution >= 4 is 66.3 Å². The summed E-state index contributed by atoms with van der Waals surface area (Å²) in [5.74, 6) is 1.57. The van der Waals surface area contributed by atoms with Gasteiger partial charge in [0.25, 0.3) is 0 Å². The maximum absolute atomic E-state index is 6.56. The summed E-state index contributed by atoms with van der Waals surface area (Å²) in [5.41, 5.74) is 8.58. The van der Waals surface area contributed by atoms with E-state index < -0.39 is 6.17 Å². The summed E-state index contributed by atoms with van der Waals surface area (Å²) in [4.78, 5) is 10.4. The Morgan fingerprint density at radius 1 is 0.438 bits per heavy atom. The van der Waals surface area contributed by atoms with Gasteiger partial charge >= 0.3 is 0 Å². The van der Waals surface area contributed by atoms with Crippen LogP contribution < -0.4 is 5.32 Å². The van der Waals surface area contributed by atoms with E-state index in [1.807, 2.05) is 54.6 Å². The van der Waals surface area contributed by atoms with Crippen LogP contribution in [0.2, 0.25) is 0 Å². The van der Waals surface area contributed by atoms with Crippen molar-refractivity contribution in [3.05, 3.63) is 168 Å². The van der Waals surface area contributed by atoms with Gasteiger partial charge < -0.3 is 14.2 Å². The summed E-state index contributed by atoms with van der Waals surface area (Å²) in [6, 6.07) is 52.2. The van der Waals surface area contributed by atoms with E-state index in [1.165, 1.54) is 5.39 Å². The summed E-state index contributed by atoms with van der Waals surface area (Å²) in [6.45, 7) is 0. The third kappa shape index (κ3) is 4.25. The van der Waals surface area contributed by atoms with Gasteiger partial charge in [-0.15, -0.1) is 0 Å². The first-order valence-electron chi connectivity index (χ1n) is 16.1. The maximum Gasteiger partial charge on any atom is 0.170 e. The van der Waals surface area contributed by atoms with Gasteiger partial charge in [-0.2, -0.15) is 0 Å². The molecule has 0 saturated carbocycles. The molecule has 5 heteroatoms. The van der Waals surface area contributed by atoms with E-state index in [0.29, 0.717) is 0 Å². The zero-order valence-corrected chi connectivity index (χ0v) is 25.7. The van der Waals surface area contributed by atoms with Crippen LogP contribution in [0.15, 0.2) is 170 Å². The van der Waals surface area contributed by atoms with Gasteiger partial charge in [0, 0.05) is 38.2 Å². The van der Waals surface area contributed by atoms with Crippen molar-refractivity contribution in [2.45, 2.75) is 6.17 Å². The van der Waals surface area contributed by atoms with Crippen LogP contribution >= 0.6 is 0 Å². The number of nitrogens with zero attached hydrogens (tertiary/aromatic N) is 2. The molecule has 1 atom stereocenters. The topological polar surface area (TPSA) is 63.0 Å². The number of hydrogen-bond acceptors (Lipinski definition) is 5. The van der Waals surface area contributed by atoms with Crippen molar-refractivity contribution in [2.24, 2.45) is 9.98 Å². The molecule has 1 aliphatic heterocycles. The first-order chi connectivity index (χ1) is 23.8. The molecule has 0 bridgehead atoms. The summed E-state index contributed by atoms with van der Waals surface area (Å²) >= 11 is 0. The second-order valence-electron chi connectivity index (χ2n) is 12.2. The zero-order chi connectivity index (χ0) is 31.6. The minimum absolute atomic E-state index is 0.474. The van der Waals surface area contributed by atoms with E-state index in [0.717, 1.165) is 88.8 Å². The summed E-state index contributed by atoms with van der Waals surface area (Å²) in [7, 11) is 0. The minimum Gasteiger partial charge on any atom is -0.456 e. The molecule has 0 fully saturated rings. The van der Waals surface area contributed by atoms with Crippen molar-refractivity contribution in [2.75, 3.05) is 0 Å². The van der Waals surface area contributed by atoms with Crippen molar-refractivity contribution in [1.82, 2.24) is 5.32 Å². The molecule has 1 aliphatic rings. The number of fused-ring (bicyclic) bond motifs is 7. The van der Waals surface area contributed by atoms with E-state index in [4.69, 9.17) is 18.8 Å². The lowest BCUT2D eigenvalue weighted by Crippen LogP contribution is -2.36. The van der Waals surface area contributed by atoms with Gasteiger partial charge in [-0.05, 0) is 58.3 Å². The molecule has 1 N–H and O–H groups in total. The van der Waals surface area contributed by atoms with Crippen LogP contribution in [0.4, 0.5) is 0 Å². The zero-order valence-electron chi connectivity index (χ0n) is 25.7. The fraction of sp³-hybridized carbons (Fsp3) is 0.0233. The Labute approximate surface area is 275 Å². The predicted octanol–water partition coefficient (Wildman–Crippen LogP) is 10.8. The van der Waals surface area contributed by atoms with Crippen molar-refractivity contribution in [1.29, 1.82) is 0 Å². The lowest BCUT2D eigenvalue weighted by atomic mass is 9.97. The lowest BCUT2D eigenvalue weighted by molar-refractivity contribution is 0.667. The molecule has 10 rings (SSSR count). The van der Waals surface area contributed by atoms with Crippen molar-refractivity contribution < 1.29 is 8.83 Å². The molecule has 5 nitrogen and oxygen atoms in total. The molecule has 226 valence electrons. The Balaban J connectivity index is 1.14. The average Bonchev–Trinajstić information content (AvgIpc) is 3.73. The van der Waals surface area contributed by atoms with Crippen LogP contribution in [-0.4, -0.2) is 11.7 Å². The summed E-state index contributed by atoms with van der Waals surface area (Å²) < 4.78 is 12.7. The number of amidine groups is 2. The van der Waals surface area contributed by atoms with Crippen LogP contribution in [0.3, 0.4) is 0 Å². The standard InChI is InChI=1S/C43H27N3O2/c1-2-11-27(12-3-1)41-44-42(30-21-20-26-10-4-5-13-28(26)24-30)46-43(45-41)34-16-9-19-37-40(34)33-23-22-29(25-38(33)48-37)31-15-8-18-36-39(31)32-14-6-7-17-35(32)47-36/h1-25,43H,(H,44,45,46). The quantitative estimate of drug-likeness (QED) is 0.214. The monoisotopic (exact) mass is 617 g/mol. The summed E-state index contributed by atoms with van der Waals surface area (Å²) in [5, 5.41) is 10.2. The molecule has 9 aromatic rings. The molecular formula is C43H27N3O2. The Kier molecular flexibility index (Phi) is 5.87. The maximum atomic E-state index is 6.56. The largest absolute Gasteiger partial charge is 0.456 e. The number of nitrogens with one attached hydrogen (secondary N) is 1. The SMILES string of the molecule is c1ccc(C2=NC(c3cccc4oc5cc(-c6cccc7oc8ccccc8c67)ccc5c34)N=C(c3ccc4ccccc4c3)N2)cc1. The van der Waals surface area contributed by atoms with Gasteiger partial charge in [0.2, 0.25) is 0 Å². The second-order valence-corrected chi connectivity index (χ2v) is 12.2. The van der Waals surface area contributed by atoms with Crippen LogP contribution in [0.5, 0.6) is 0 Å². The molecule has 48 heavy (non-hydrogen) atoms. The first-order valence-corrected chi connectivity index (χ1v) is 16.1. The lowest BCUT2D eigenvalue weighted by Gasteiger charge is -2.23. The van der Waals surface area contributed by atoms with Crippen LogP contribution in [-0.2, 0) is 0 Å². The highest BCUT2D eigenvalue weighted by molar-refractivity contribution is 6.17. The Hall–Kier alpha value is -6.46. The van der Waals surface area contributed by atoms with Gasteiger partial charge in [-0.25, -0.2) is 9.98 Å². The number of para-hydroxylation sites is 1. The molecule has 0 aliphatic carbocycles. The highest BCUT2D eigenvalue weighted by Crippen LogP contribution is 2.41. The van der Waals surface area contributed by atoms with E-state index in [1.54, 1.807) is 0 Å². The molecule has 2 aromatic heterocycles. The van der Waals surface area contributed by atoms with E-state index in [-0.39, 0.29) is 0 Å². The number of furan rings is 2. The number of benzene rings is 7. The summed E-state index contributed by atoms with van der Waals surface area (Å²) in [6.07, 6.45) is -0.474. The fourth-order valence-corrected chi connectivity index (χ4v) is 7.07. The predicted molar refractivity (Wildman–Crippen MR) is 196 cm³/mol. The number of hydrogen-bond donors (Lipinski definition) is 1. The minimum atomic E-state index is -0.474. The van der Waals surface area contributed by atoms with E-state index >= 15 is 0 Å². The van der Waals surface area contributed by atoms with Gasteiger partial charge in [0.15, 0.2) is 6.17 Å². The van der Waals surface area contributed by atoms with Crippen molar-refractivity contribution in [3.63, 3.8) is 0 Å². The molecular weight excluding hydrogens is 590 g/mol. The van der Waals surface area contributed by atoms with Crippen LogP contribution in [0, 0.1) is 0 Å². The Bertz CT molecular complexity index is 2770. The van der Waals surface area contributed by atoms with Crippen molar-refractivity contribution in [3.8, 4) is 11.1 Å². The molecule has 0 saturated heterocycles. The fourth-order valence-electron chi connectivity index (χ4n) is 7.07. The second kappa shape index (κ2) is 10.5. The highest BCUT2D eigenvalue weighted by atomic mass is 16.3. The highest BCUT2D eigenvalue weighted by Gasteiger charge is 2.24. The third-order valence-electron chi connectivity index (χ3n) is 9.33. The van der Waals surface area contributed by atoms with E-state index in [9.17, 15) is 0 Å². The average molecular weight is 618 g/mol. The van der Waals surface area contributed by atoms with Crippen LogP contribution in [0.1, 0.15) is 22.9 Å². The smallest absolute Gasteiger partial charge is 0.170 e. The normalized spacial score (nSPS) is 14.9. The van der Waals surface area contributed by atoms with Gasteiger partial charge in [-0.1, -0.05) is 115 Å². The first kappa shape index (κ1) is 26.7. The Morgan fingerprint density at radius 2 is 1.10 bits per heavy atom. The van der Waals surface area contributed by atoms with Crippen LogP contribution in [0.25, 0.3) is 65.8 Å². The molecule has 0 spiro atoms. The molecule has 7 aromatic carbocycles. The molecule has 0 amide bonds. The molecule has 0 radical (unpaired) electrons. The van der Waals surface area contributed by atoms with Gasteiger partial charge in [-0.3, -0.25) is 0 Å². The molecule has 1 unspecified atom stereocenters. The van der Waals surface area contributed by atoms with Gasteiger partial charge in [0.05, 0.1) is 0 Å². The third-order valence-corrected chi connectivity index (χ3v) is 9.33.